The second-order valence-corrected chi connectivity index (χ2v) is 6.49. The van der Waals surface area contributed by atoms with Crippen molar-refractivity contribution in [3.05, 3.63) is 53.9 Å². The van der Waals surface area contributed by atoms with Crippen LogP contribution in [-0.4, -0.2) is 53.7 Å². The first kappa shape index (κ1) is 16.6. The first-order chi connectivity index (χ1) is 11.6. The smallest absolute Gasteiger partial charge is 0.0577 e. The van der Waals surface area contributed by atoms with Gasteiger partial charge in [-0.3, -0.25) is 9.88 Å². The van der Waals surface area contributed by atoms with Crippen LogP contribution in [-0.2, 0) is 6.54 Å². The predicted octanol–water partition coefficient (Wildman–Crippen LogP) is 2.96. The zero-order valence-corrected chi connectivity index (χ0v) is 14.4. The summed E-state index contributed by atoms with van der Waals surface area (Å²) in [5.74, 6) is 0. The Morgan fingerprint density at radius 1 is 1.08 bits per heavy atom. The highest BCUT2D eigenvalue weighted by Crippen LogP contribution is 2.18. The fourth-order valence-electron chi connectivity index (χ4n) is 2.84. The molecule has 3 rings (SSSR count). The van der Waals surface area contributed by atoms with Gasteiger partial charge in [0.05, 0.1) is 11.9 Å². The standard InChI is InChI=1S/C19H25N5/c1-15(20)17-11-19(13-21-12-17)22-18-5-3-16(4-6-18)14-24-9-7-23(2)8-10-24/h3-6,11-13,20,22H,7-10,14H2,1-2H3. The number of aromatic nitrogens is 1. The summed E-state index contributed by atoms with van der Waals surface area (Å²) >= 11 is 0. The summed E-state index contributed by atoms with van der Waals surface area (Å²) in [6.07, 6.45) is 3.50. The van der Waals surface area contributed by atoms with Crippen LogP contribution in [0.4, 0.5) is 11.4 Å². The number of rotatable bonds is 5. The Kier molecular flexibility index (Phi) is 5.23. The summed E-state index contributed by atoms with van der Waals surface area (Å²) in [7, 11) is 2.18. The molecule has 1 saturated heterocycles. The van der Waals surface area contributed by atoms with Crippen molar-refractivity contribution in [2.75, 3.05) is 38.5 Å². The Hall–Kier alpha value is -2.24. The molecule has 0 bridgehead atoms. The van der Waals surface area contributed by atoms with E-state index in [1.807, 2.05) is 6.07 Å². The van der Waals surface area contributed by atoms with Gasteiger partial charge in [-0.2, -0.15) is 0 Å². The van der Waals surface area contributed by atoms with E-state index < -0.39 is 0 Å². The summed E-state index contributed by atoms with van der Waals surface area (Å²) in [4.78, 5) is 9.07. The van der Waals surface area contributed by atoms with E-state index in [1.165, 1.54) is 5.56 Å². The molecule has 2 heterocycles. The maximum Gasteiger partial charge on any atom is 0.0577 e. The molecule has 126 valence electrons. The maximum absolute atomic E-state index is 7.70. The van der Waals surface area contributed by atoms with Crippen molar-refractivity contribution in [2.45, 2.75) is 13.5 Å². The number of likely N-dealkylation sites (N-methyl/N-ethyl adjacent to an activating group) is 1. The molecule has 24 heavy (non-hydrogen) atoms. The molecule has 5 nitrogen and oxygen atoms in total. The van der Waals surface area contributed by atoms with Crippen molar-refractivity contribution < 1.29 is 0 Å². The number of nitrogens with one attached hydrogen (secondary N) is 2. The quantitative estimate of drug-likeness (QED) is 0.831. The Balaban J connectivity index is 1.60. The summed E-state index contributed by atoms with van der Waals surface area (Å²) in [5.41, 5.74) is 4.65. The molecular weight excluding hydrogens is 298 g/mol. The zero-order chi connectivity index (χ0) is 16.9. The molecule has 0 amide bonds. The van der Waals surface area contributed by atoms with E-state index in [0.29, 0.717) is 5.71 Å². The molecule has 0 spiro atoms. The van der Waals surface area contributed by atoms with E-state index >= 15 is 0 Å². The molecule has 1 aromatic carbocycles. The lowest BCUT2D eigenvalue weighted by atomic mass is 10.1. The number of pyridine rings is 1. The van der Waals surface area contributed by atoms with E-state index in [9.17, 15) is 0 Å². The maximum atomic E-state index is 7.70. The van der Waals surface area contributed by atoms with E-state index in [4.69, 9.17) is 5.41 Å². The molecule has 0 aliphatic carbocycles. The Bertz CT molecular complexity index is 687. The molecule has 2 aromatic rings. The number of hydrogen-bond acceptors (Lipinski definition) is 5. The van der Waals surface area contributed by atoms with Crippen molar-refractivity contribution >= 4 is 17.1 Å². The molecule has 2 N–H and O–H groups in total. The molecule has 0 unspecified atom stereocenters. The van der Waals surface area contributed by atoms with Crippen LogP contribution in [0.25, 0.3) is 0 Å². The molecule has 0 radical (unpaired) electrons. The third-order valence-electron chi connectivity index (χ3n) is 4.42. The third-order valence-corrected chi connectivity index (χ3v) is 4.42. The highest BCUT2D eigenvalue weighted by Gasteiger charge is 2.13. The SMILES string of the molecule is CC(=N)c1cncc(Nc2ccc(CN3CCN(C)CC3)cc2)c1. The van der Waals surface area contributed by atoms with Gasteiger partial charge < -0.3 is 15.6 Å². The average Bonchev–Trinajstić information content (AvgIpc) is 2.59. The molecule has 0 atom stereocenters. The van der Waals surface area contributed by atoms with Gasteiger partial charge >= 0.3 is 0 Å². The second-order valence-electron chi connectivity index (χ2n) is 6.49. The fourth-order valence-corrected chi connectivity index (χ4v) is 2.84. The van der Waals surface area contributed by atoms with Gasteiger partial charge in [0.25, 0.3) is 0 Å². The Morgan fingerprint density at radius 2 is 1.79 bits per heavy atom. The van der Waals surface area contributed by atoms with E-state index in [-0.39, 0.29) is 0 Å². The number of piperazine rings is 1. The van der Waals surface area contributed by atoms with Crippen LogP contribution in [0.15, 0.2) is 42.7 Å². The number of hydrogen-bond donors (Lipinski definition) is 2. The first-order valence-corrected chi connectivity index (χ1v) is 8.37. The van der Waals surface area contributed by atoms with Gasteiger partial charge in [0, 0.05) is 55.9 Å². The monoisotopic (exact) mass is 323 g/mol. The molecule has 1 aliphatic heterocycles. The molecule has 5 heteroatoms. The largest absolute Gasteiger partial charge is 0.354 e. The topological polar surface area (TPSA) is 55.3 Å². The van der Waals surface area contributed by atoms with Crippen molar-refractivity contribution in [1.29, 1.82) is 5.41 Å². The van der Waals surface area contributed by atoms with Crippen LogP contribution >= 0.6 is 0 Å². The number of nitrogens with zero attached hydrogens (tertiary/aromatic N) is 3. The molecular formula is C19H25N5. The number of benzene rings is 1. The van der Waals surface area contributed by atoms with E-state index in [1.54, 1.807) is 19.3 Å². The average molecular weight is 323 g/mol. The molecule has 1 aliphatic rings. The highest BCUT2D eigenvalue weighted by atomic mass is 15.2. The van der Waals surface area contributed by atoms with Gasteiger partial charge in [-0.15, -0.1) is 0 Å². The Morgan fingerprint density at radius 3 is 2.46 bits per heavy atom. The van der Waals surface area contributed by atoms with E-state index in [0.717, 1.165) is 49.7 Å². The van der Waals surface area contributed by atoms with Gasteiger partial charge in [-0.1, -0.05) is 12.1 Å². The lowest BCUT2D eigenvalue weighted by molar-refractivity contribution is 0.148. The summed E-state index contributed by atoms with van der Waals surface area (Å²) < 4.78 is 0. The minimum atomic E-state index is 0.522. The normalized spacial score (nSPS) is 16.1. The van der Waals surface area contributed by atoms with Crippen LogP contribution in [0, 0.1) is 5.41 Å². The summed E-state index contributed by atoms with van der Waals surface area (Å²) in [5, 5.41) is 11.1. The number of anilines is 2. The predicted molar refractivity (Wildman–Crippen MR) is 99.2 cm³/mol. The van der Waals surface area contributed by atoms with Crippen LogP contribution in [0.2, 0.25) is 0 Å². The fraction of sp³-hybridized carbons (Fsp3) is 0.368. The second kappa shape index (κ2) is 7.55. The van der Waals surface area contributed by atoms with Crippen LogP contribution < -0.4 is 5.32 Å². The highest BCUT2D eigenvalue weighted by molar-refractivity contribution is 5.96. The van der Waals surface area contributed by atoms with Gasteiger partial charge in [0.15, 0.2) is 0 Å². The van der Waals surface area contributed by atoms with E-state index in [2.05, 4.69) is 51.4 Å². The van der Waals surface area contributed by atoms with Crippen molar-refractivity contribution in [3.8, 4) is 0 Å². The zero-order valence-electron chi connectivity index (χ0n) is 14.4. The summed E-state index contributed by atoms with van der Waals surface area (Å²) in [6, 6.07) is 10.5. The van der Waals surface area contributed by atoms with Gasteiger partial charge in [0.1, 0.15) is 0 Å². The van der Waals surface area contributed by atoms with Crippen molar-refractivity contribution in [1.82, 2.24) is 14.8 Å². The molecule has 0 saturated carbocycles. The Labute approximate surface area is 143 Å². The minimum Gasteiger partial charge on any atom is -0.354 e. The van der Waals surface area contributed by atoms with Gasteiger partial charge in [-0.05, 0) is 37.7 Å². The first-order valence-electron chi connectivity index (χ1n) is 8.37. The van der Waals surface area contributed by atoms with Crippen molar-refractivity contribution in [2.24, 2.45) is 0 Å². The van der Waals surface area contributed by atoms with Crippen LogP contribution in [0.3, 0.4) is 0 Å². The summed E-state index contributed by atoms with van der Waals surface area (Å²) in [6.45, 7) is 7.35. The lowest BCUT2D eigenvalue weighted by Gasteiger charge is -2.32. The van der Waals surface area contributed by atoms with Crippen LogP contribution in [0.5, 0.6) is 0 Å². The van der Waals surface area contributed by atoms with Gasteiger partial charge in [0.2, 0.25) is 0 Å². The minimum absolute atomic E-state index is 0.522. The molecule has 1 fully saturated rings. The van der Waals surface area contributed by atoms with Crippen molar-refractivity contribution in [3.63, 3.8) is 0 Å². The van der Waals surface area contributed by atoms with Crippen LogP contribution in [0.1, 0.15) is 18.1 Å². The van der Waals surface area contributed by atoms with Gasteiger partial charge in [-0.25, -0.2) is 0 Å². The molecule has 1 aromatic heterocycles. The third kappa shape index (κ3) is 4.40. The lowest BCUT2D eigenvalue weighted by Crippen LogP contribution is -2.43.